The van der Waals surface area contributed by atoms with E-state index in [9.17, 15) is 4.79 Å². The average molecular weight is 301 g/mol. The molecule has 0 aliphatic carbocycles. The Morgan fingerprint density at radius 3 is 2.59 bits per heavy atom. The van der Waals surface area contributed by atoms with Gasteiger partial charge in [0, 0.05) is 20.7 Å². The second-order valence-electron chi connectivity index (χ2n) is 5.56. The van der Waals surface area contributed by atoms with E-state index in [4.69, 9.17) is 4.74 Å². The van der Waals surface area contributed by atoms with Gasteiger partial charge in [0.05, 0.1) is 12.3 Å². The summed E-state index contributed by atoms with van der Waals surface area (Å²) in [4.78, 5) is 12.0. The molecule has 1 aromatic heterocycles. The van der Waals surface area contributed by atoms with Crippen molar-refractivity contribution in [2.75, 3.05) is 20.3 Å². The van der Waals surface area contributed by atoms with Gasteiger partial charge >= 0.3 is 0 Å². The molecule has 22 heavy (non-hydrogen) atoms. The predicted molar refractivity (Wildman–Crippen MR) is 86.9 cm³/mol. The first kappa shape index (κ1) is 16.2. The molecular formula is C17H23N3O2. The van der Waals surface area contributed by atoms with Crippen molar-refractivity contribution in [2.45, 2.75) is 19.8 Å². The summed E-state index contributed by atoms with van der Waals surface area (Å²) in [6.45, 7) is 5.30. The Morgan fingerprint density at radius 2 is 2.00 bits per heavy atom. The quantitative estimate of drug-likeness (QED) is 0.834. The summed E-state index contributed by atoms with van der Waals surface area (Å²) >= 11 is 0. The number of hydrogen-bond acceptors (Lipinski definition) is 3. The molecule has 0 bridgehead atoms. The van der Waals surface area contributed by atoms with Crippen LogP contribution in [0.25, 0.3) is 11.3 Å². The maximum absolute atomic E-state index is 12.0. The van der Waals surface area contributed by atoms with Crippen molar-refractivity contribution in [3.05, 3.63) is 41.6 Å². The highest BCUT2D eigenvalue weighted by atomic mass is 16.5. The van der Waals surface area contributed by atoms with Crippen molar-refractivity contribution in [2.24, 2.45) is 7.05 Å². The summed E-state index contributed by atoms with van der Waals surface area (Å²) in [5, 5.41) is 7.06. The number of benzene rings is 1. The lowest BCUT2D eigenvalue weighted by Crippen LogP contribution is -2.27. The van der Waals surface area contributed by atoms with E-state index >= 15 is 0 Å². The Morgan fingerprint density at radius 1 is 1.32 bits per heavy atom. The molecule has 5 nitrogen and oxygen atoms in total. The van der Waals surface area contributed by atoms with E-state index in [1.165, 1.54) is 5.56 Å². The molecule has 0 radical (unpaired) electrons. The van der Waals surface area contributed by atoms with Crippen LogP contribution in [0.1, 0.15) is 35.8 Å². The number of carbonyl (C=O) groups is 1. The standard InChI is InChI=1S/C17H23N3O2/c1-12(2)13-5-7-14(8-6-13)16-11-15(19-20(16)3)17(21)18-9-10-22-4/h5-8,11-12H,9-10H2,1-4H3,(H,18,21). The van der Waals surface area contributed by atoms with E-state index < -0.39 is 0 Å². The lowest BCUT2D eigenvalue weighted by atomic mass is 10.0. The number of ether oxygens (including phenoxy) is 1. The Labute approximate surface area is 131 Å². The smallest absolute Gasteiger partial charge is 0.271 e. The fourth-order valence-electron chi connectivity index (χ4n) is 2.24. The van der Waals surface area contributed by atoms with Crippen molar-refractivity contribution in [1.29, 1.82) is 0 Å². The van der Waals surface area contributed by atoms with Gasteiger partial charge < -0.3 is 10.1 Å². The number of nitrogens with one attached hydrogen (secondary N) is 1. The summed E-state index contributed by atoms with van der Waals surface area (Å²) in [5.41, 5.74) is 3.69. The number of carbonyl (C=O) groups excluding carboxylic acids is 1. The molecule has 1 aromatic carbocycles. The monoisotopic (exact) mass is 301 g/mol. The molecule has 5 heteroatoms. The number of rotatable bonds is 6. The molecule has 0 unspecified atom stereocenters. The van der Waals surface area contributed by atoms with E-state index in [0.717, 1.165) is 11.3 Å². The lowest BCUT2D eigenvalue weighted by molar-refractivity contribution is 0.0931. The molecule has 0 aliphatic rings. The average Bonchev–Trinajstić information content (AvgIpc) is 2.89. The van der Waals surface area contributed by atoms with Crippen molar-refractivity contribution in [3.8, 4) is 11.3 Å². The molecule has 0 fully saturated rings. The van der Waals surface area contributed by atoms with Crippen LogP contribution in [0.5, 0.6) is 0 Å². The van der Waals surface area contributed by atoms with E-state index in [1.807, 2.05) is 13.1 Å². The van der Waals surface area contributed by atoms with Crippen molar-refractivity contribution in [3.63, 3.8) is 0 Å². The Kier molecular flexibility index (Phi) is 5.33. The van der Waals surface area contributed by atoms with Gasteiger partial charge in [0.1, 0.15) is 0 Å². The van der Waals surface area contributed by atoms with Gasteiger partial charge in [-0.1, -0.05) is 38.1 Å². The highest BCUT2D eigenvalue weighted by Gasteiger charge is 2.13. The van der Waals surface area contributed by atoms with Gasteiger partial charge in [-0.05, 0) is 23.1 Å². The summed E-state index contributed by atoms with van der Waals surface area (Å²) in [6.07, 6.45) is 0. The van der Waals surface area contributed by atoms with Crippen LogP contribution in [0.15, 0.2) is 30.3 Å². The third kappa shape index (κ3) is 3.74. The Balaban J connectivity index is 2.17. The number of hydrogen-bond donors (Lipinski definition) is 1. The number of aromatic nitrogens is 2. The number of nitrogens with zero attached hydrogens (tertiary/aromatic N) is 2. The fraction of sp³-hybridized carbons (Fsp3) is 0.412. The zero-order valence-corrected chi connectivity index (χ0v) is 13.6. The zero-order valence-electron chi connectivity index (χ0n) is 13.6. The van der Waals surface area contributed by atoms with Gasteiger partial charge in [-0.3, -0.25) is 9.48 Å². The maximum Gasteiger partial charge on any atom is 0.271 e. The normalized spacial score (nSPS) is 11.0. The molecule has 0 saturated carbocycles. The highest BCUT2D eigenvalue weighted by Crippen LogP contribution is 2.23. The van der Waals surface area contributed by atoms with Crippen LogP contribution in [0.4, 0.5) is 0 Å². The number of aryl methyl sites for hydroxylation is 1. The summed E-state index contributed by atoms with van der Waals surface area (Å²) < 4.78 is 6.65. The van der Waals surface area contributed by atoms with Crippen molar-refractivity contribution in [1.82, 2.24) is 15.1 Å². The van der Waals surface area contributed by atoms with Crippen LogP contribution in [0.3, 0.4) is 0 Å². The van der Waals surface area contributed by atoms with Gasteiger partial charge in [0.15, 0.2) is 5.69 Å². The predicted octanol–water partition coefficient (Wildman–Crippen LogP) is 2.59. The maximum atomic E-state index is 12.0. The van der Waals surface area contributed by atoms with Gasteiger partial charge in [-0.25, -0.2) is 0 Å². The van der Waals surface area contributed by atoms with Crippen molar-refractivity contribution < 1.29 is 9.53 Å². The minimum atomic E-state index is -0.183. The Hall–Kier alpha value is -2.14. The fourth-order valence-corrected chi connectivity index (χ4v) is 2.24. The van der Waals surface area contributed by atoms with Crippen LogP contribution in [-0.4, -0.2) is 35.9 Å². The minimum absolute atomic E-state index is 0.183. The lowest BCUT2D eigenvalue weighted by Gasteiger charge is -2.06. The van der Waals surface area contributed by atoms with E-state index in [0.29, 0.717) is 24.8 Å². The number of amides is 1. The molecule has 2 rings (SSSR count). The van der Waals surface area contributed by atoms with Gasteiger partial charge in [-0.15, -0.1) is 0 Å². The van der Waals surface area contributed by atoms with Gasteiger partial charge in [-0.2, -0.15) is 5.10 Å². The van der Waals surface area contributed by atoms with E-state index in [-0.39, 0.29) is 5.91 Å². The molecule has 0 atom stereocenters. The largest absolute Gasteiger partial charge is 0.383 e. The molecule has 1 N–H and O–H groups in total. The van der Waals surface area contributed by atoms with Gasteiger partial charge in [0.25, 0.3) is 5.91 Å². The topological polar surface area (TPSA) is 56.1 Å². The Bertz CT molecular complexity index is 630. The summed E-state index contributed by atoms with van der Waals surface area (Å²) in [7, 11) is 3.45. The van der Waals surface area contributed by atoms with E-state index in [2.05, 4.69) is 48.5 Å². The van der Waals surface area contributed by atoms with Crippen molar-refractivity contribution >= 4 is 5.91 Å². The molecule has 0 aliphatic heterocycles. The zero-order chi connectivity index (χ0) is 16.1. The molecule has 2 aromatic rings. The first-order valence-electron chi connectivity index (χ1n) is 7.44. The third-order valence-corrected chi connectivity index (χ3v) is 3.58. The minimum Gasteiger partial charge on any atom is -0.383 e. The second-order valence-corrected chi connectivity index (χ2v) is 5.56. The van der Waals surface area contributed by atoms with Gasteiger partial charge in [0.2, 0.25) is 0 Å². The molecular weight excluding hydrogens is 278 g/mol. The van der Waals surface area contributed by atoms with Crippen LogP contribution in [0.2, 0.25) is 0 Å². The summed E-state index contributed by atoms with van der Waals surface area (Å²) in [6, 6.07) is 10.2. The third-order valence-electron chi connectivity index (χ3n) is 3.58. The molecule has 1 amide bonds. The van der Waals surface area contributed by atoms with Crippen LogP contribution >= 0.6 is 0 Å². The van der Waals surface area contributed by atoms with Crippen LogP contribution in [0, 0.1) is 0 Å². The van der Waals surface area contributed by atoms with E-state index in [1.54, 1.807) is 11.8 Å². The summed E-state index contributed by atoms with van der Waals surface area (Å²) in [5.74, 6) is 0.320. The molecule has 118 valence electrons. The number of methoxy groups -OCH3 is 1. The van der Waals surface area contributed by atoms with Crippen LogP contribution in [-0.2, 0) is 11.8 Å². The molecule has 0 spiro atoms. The first-order chi connectivity index (χ1) is 10.5. The van der Waals surface area contributed by atoms with Crippen LogP contribution < -0.4 is 5.32 Å². The molecule has 1 heterocycles. The SMILES string of the molecule is COCCNC(=O)c1cc(-c2ccc(C(C)C)cc2)n(C)n1. The second kappa shape index (κ2) is 7.22. The molecule has 0 saturated heterocycles. The first-order valence-corrected chi connectivity index (χ1v) is 7.44. The highest BCUT2D eigenvalue weighted by molar-refractivity contribution is 5.93.